The first-order valence-corrected chi connectivity index (χ1v) is 4.78. The molecule has 3 N–H and O–H groups in total. The highest BCUT2D eigenvalue weighted by Gasteiger charge is 2.25. The molecule has 0 aromatic heterocycles. The van der Waals surface area contributed by atoms with E-state index < -0.39 is 0 Å². The van der Waals surface area contributed by atoms with Gasteiger partial charge in [-0.15, -0.1) is 0 Å². The zero-order valence-electron chi connectivity index (χ0n) is 8.80. The summed E-state index contributed by atoms with van der Waals surface area (Å²) < 4.78 is 0. The molecule has 0 rings (SSSR count). The largest absolute Gasteiger partial charge is 0.393 e. The third-order valence-electron chi connectivity index (χ3n) is 2.45. The number of aliphatic hydroxyl groups excluding tert-OH is 1. The number of hydrogen-bond acceptors (Lipinski definition) is 2. The predicted molar refractivity (Wildman–Crippen MR) is 52.9 cm³/mol. The summed E-state index contributed by atoms with van der Waals surface area (Å²) in [5.41, 5.74) is 5.42. The average Bonchev–Trinajstić information content (AvgIpc) is 2.00. The lowest BCUT2D eigenvalue weighted by atomic mass is 9.83. The van der Waals surface area contributed by atoms with Crippen LogP contribution >= 0.6 is 0 Å². The lowest BCUT2D eigenvalue weighted by Gasteiger charge is -2.29. The lowest BCUT2D eigenvalue weighted by Crippen LogP contribution is -2.36. The van der Waals surface area contributed by atoms with E-state index >= 15 is 0 Å². The monoisotopic (exact) mass is 173 g/mol. The number of aliphatic hydroxyl groups is 1. The van der Waals surface area contributed by atoms with Gasteiger partial charge in [-0.1, -0.05) is 27.7 Å². The first-order chi connectivity index (χ1) is 5.40. The van der Waals surface area contributed by atoms with Crippen LogP contribution in [0.2, 0.25) is 0 Å². The van der Waals surface area contributed by atoms with E-state index in [2.05, 4.69) is 13.8 Å². The fraction of sp³-hybridized carbons (Fsp3) is 1.00. The van der Waals surface area contributed by atoms with Crippen molar-refractivity contribution in [1.82, 2.24) is 0 Å². The molecule has 0 aromatic rings. The van der Waals surface area contributed by atoms with E-state index in [1.165, 1.54) is 0 Å². The summed E-state index contributed by atoms with van der Waals surface area (Å²) in [4.78, 5) is 0. The molecule has 74 valence electrons. The molecule has 0 aliphatic rings. The first-order valence-electron chi connectivity index (χ1n) is 4.78. The topological polar surface area (TPSA) is 46.2 Å². The Balaban J connectivity index is 3.78. The van der Waals surface area contributed by atoms with Crippen molar-refractivity contribution in [2.45, 2.75) is 46.6 Å². The Morgan fingerprint density at radius 3 is 2.08 bits per heavy atom. The molecule has 0 radical (unpaired) electrons. The summed E-state index contributed by atoms with van der Waals surface area (Å²) in [6, 6.07) is 0. The number of nitrogens with two attached hydrogens (primary N) is 1. The maximum Gasteiger partial charge on any atom is 0.0603 e. The second-order valence-electron chi connectivity index (χ2n) is 4.68. The highest BCUT2D eigenvalue weighted by atomic mass is 16.3. The van der Waals surface area contributed by atoms with E-state index in [0.29, 0.717) is 12.5 Å². The van der Waals surface area contributed by atoms with Crippen LogP contribution in [0.15, 0.2) is 0 Å². The van der Waals surface area contributed by atoms with Gasteiger partial charge in [-0.3, -0.25) is 0 Å². The molecule has 0 aliphatic carbocycles. The van der Waals surface area contributed by atoms with Crippen molar-refractivity contribution in [3.05, 3.63) is 0 Å². The maximum absolute atomic E-state index is 9.75. The SMILES string of the molecule is CC(C)CCC(O)C(C)(C)CN. The Morgan fingerprint density at radius 1 is 1.25 bits per heavy atom. The molecule has 0 amide bonds. The van der Waals surface area contributed by atoms with Gasteiger partial charge in [0.15, 0.2) is 0 Å². The summed E-state index contributed by atoms with van der Waals surface area (Å²) in [5, 5.41) is 9.75. The summed E-state index contributed by atoms with van der Waals surface area (Å²) in [6.45, 7) is 8.91. The summed E-state index contributed by atoms with van der Waals surface area (Å²) >= 11 is 0. The summed E-state index contributed by atoms with van der Waals surface area (Å²) in [6.07, 6.45) is 1.68. The van der Waals surface area contributed by atoms with Gasteiger partial charge in [-0.05, 0) is 25.3 Å². The number of hydrogen-bond donors (Lipinski definition) is 2. The number of rotatable bonds is 5. The molecule has 0 aromatic carbocycles. The van der Waals surface area contributed by atoms with Crippen LogP contribution in [0, 0.1) is 11.3 Å². The molecule has 0 bridgehead atoms. The molecule has 0 saturated carbocycles. The third kappa shape index (κ3) is 4.07. The molecule has 2 heteroatoms. The Bertz CT molecular complexity index is 121. The van der Waals surface area contributed by atoms with E-state index in [1.54, 1.807) is 0 Å². The predicted octanol–water partition coefficient (Wildman–Crippen LogP) is 1.77. The molecule has 1 unspecified atom stereocenters. The van der Waals surface area contributed by atoms with E-state index in [9.17, 15) is 5.11 Å². The van der Waals surface area contributed by atoms with Gasteiger partial charge in [0.25, 0.3) is 0 Å². The highest BCUT2D eigenvalue weighted by molar-refractivity contribution is 4.78. The molecule has 0 fully saturated rings. The Hall–Kier alpha value is -0.0800. The van der Waals surface area contributed by atoms with Gasteiger partial charge in [-0.2, -0.15) is 0 Å². The van der Waals surface area contributed by atoms with Crippen LogP contribution in [0.25, 0.3) is 0 Å². The summed E-state index contributed by atoms with van der Waals surface area (Å²) in [5.74, 6) is 0.660. The Labute approximate surface area is 76.2 Å². The minimum Gasteiger partial charge on any atom is -0.393 e. The third-order valence-corrected chi connectivity index (χ3v) is 2.45. The van der Waals surface area contributed by atoms with Crippen LogP contribution in [0.4, 0.5) is 0 Å². The minimum absolute atomic E-state index is 0.130. The first kappa shape index (κ1) is 11.9. The van der Waals surface area contributed by atoms with Crippen molar-refractivity contribution >= 4 is 0 Å². The molecule has 0 heterocycles. The molecule has 12 heavy (non-hydrogen) atoms. The van der Waals surface area contributed by atoms with Gasteiger partial charge in [0.1, 0.15) is 0 Å². The Kier molecular flexibility index (Phi) is 4.80. The molecular formula is C10H23NO. The normalized spacial score (nSPS) is 15.2. The smallest absolute Gasteiger partial charge is 0.0603 e. The fourth-order valence-electron chi connectivity index (χ4n) is 1.02. The van der Waals surface area contributed by atoms with E-state index in [1.807, 2.05) is 13.8 Å². The minimum atomic E-state index is -0.259. The van der Waals surface area contributed by atoms with Crippen molar-refractivity contribution in [2.75, 3.05) is 6.54 Å². The van der Waals surface area contributed by atoms with Gasteiger partial charge >= 0.3 is 0 Å². The second-order valence-corrected chi connectivity index (χ2v) is 4.68. The van der Waals surface area contributed by atoms with Crippen LogP contribution < -0.4 is 5.73 Å². The van der Waals surface area contributed by atoms with Crippen LogP contribution in [0.5, 0.6) is 0 Å². The zero-order valence-corrected chi connectivity index (χ0v) is 8.80. The van der Waals surface area contributed by atoms with Gasteiger partial charge in [0.2, 0.25) is 0 Å². The van der Waals surface area contributed by atoms with Gasteiger partial charge in [-0.25, -0.2) is 0 Å². The second kappa shape index (κ2) is 4.83. The molecular weight excluding hydrogens is 150 g/mol. The lowest BCUT2D eigenvalue weighted by molar-refractivity contribution is 0.0446. The van der Waals surface area contributed by atoms with Crippen LogP contribution in [-0.4, -0.2) is 17.8 Å². The van der Waals surface area contributed by atoms with Crippen molar-refractivity contribution in [3.8, 4) is 0 Å². The molecule has 0 aliphatic heterocycles. The van der Waals surface area contributed by atoms with Crippen molar-refractivity contribution in [1.29, 1.82) is 0 Å². The van der Waals surface area contributed by atoms with Crippen molar-refractivity contribution in [2.24, 2.45) is 17.1 Å². The van der Waals surface area contributed by atoms with Gasteiger partial charge in [0.05, 0.1) is 6.10 Å². The van der Waals surface area contributed by atoms with E-state index in [0.717, 1.165) is 12.8 Å². The molecule has 0 saturated heterocycles. The van der Waals surface area contributed by atoms with Gasteiger partial charge in [0, 0.05) is 5.41 Å². The summed E-state index contributed by atoms with van der Waals surface area (Å²) in [7, 11) is 0. The molecule has 0 spiro atoms. The molecule has 2 nitrogen and oxygen atoms in total. The van der Waals surface area contributed by atoms with Crippen molar-refractivity contribution in [3.63, 3.8) is 0 Å². The van der Waals surface area contributed by atoms with E-state index in [4.69, 9.17) is 5.73 Å². The van der Waals surface area contributed by atoms with Crippen LogP contribution in [0.3, 0.4) is 0 Å². The fourth-order valence-corrected chi connectivity index (χ4v) is 1.02. The molecule has 1 atom stereocenters. The van der Waals surface area contributed by atoms with E-state index in [-0.39, 0.29) is 11.5 Å². The van der Waals surface area contributed by atoms with Gasteiger partial charge < -0.3 is 10.8 Å². The highest BCUT2D eigenvalue weighted by Crippen LogP contribution is 2.23. The quantitative estimate of drug-likeness (QED) is 0.665. The van der Waals surface area contributed by atoms with Crippen molar-refractivity contribution < 1.29 is 5.11 Å². The maximum atomic E-state index is 9.75. The Morgan fingerprint density at radius 2 is 1.75 bits per heavy atom. The van der Waals surface area contributed by atoms with Crippen LogP contribution in [0.1, 0.15) is 40.5 Å². The van der Waals surface area contributed by atoms with Crippen LogP contribution in [-0.2, 0) is 0 Å². The zero-order chi connectivity index (χ0) is 9.78. The average molecular weight is 173 g/mol. The standard InChI is InChI=1S/C10H23NO/c1-8(2)5-6-9(12)10(3,4)7-11/h8-9,12H,5-7,11H2,1-4H3.